The van der Waals surface area contributed by atoms with Gasteiger partial charge in [-0.25, -0.2) is 0 Å². The van der Waals surface area contributed by atoms with E-state index >= 15 is 0 Å². The topological polar surface area (TPSA) is 24.9 Å². The van der Waals surface area contributed by atoms with Crippen molar-refractivity contribution in [2.45, 2.75) is 13.8 Å². The second-order valence-corrected chi connectivity index (χ2v) is 3.76. The first-order valence-corrected chi connectivity index (χ1v) is 5.57. The van der Waals surface area contributed by atoms with Crippen molar-refractivity contribution in [3.63, 3.8) is 0 Å². The van der Waals surface area contributed by atoms with Crippen molar-refractivity contribution in [2.24, 2.45) is 0 Å². The second-order valence-electron chi connectivity index (χ2n) is 3.76. The van der Waals surface area contributed by atoms with Gasteiger partial charge in [0, 0.05) is 30.2 Å². The molecule has 0 saturated carbocycles. The average molecular weight is 212 g/mol. The Morgan fingerprint density at radius 2 is 1.88 bits per heavy atom. The van der Waals surface area contributed by atoms with Gasteiger partial charge in [-0.3, -0.25) is 4.98 Å². The molecule has 0 amide bonds. The highest BCUT2D eigenvalue weighted by Gasteiger charge is 2.06. The molecule has 1 heterocycles. The molecule has 2 rings (SSSR count). The lowest BCUT2D eigenvalue weighted by Crippen LogP contribution is -1.99. The molecule has 82 valence electrons. The van der Waals surface area contributed by atoms with Gasteiger partial charge in [-0.05, 0) is 43.2 Å². The Morgan fingerprint density at radius 3 is 2.56 bits per heavy atom. The van der Waals surface area contributed by atoms with E-state index in [1.54, 1.807) is 0 Å². The first-order chi connectivity index (χ1) is 7.83. The molecule has 2 aromatic rings. The molecular formula is C14H16N2. The molecule has 0 fully saturated rings. The number of aryl methyl sites for hydroxylation is 1. The second kappa shape index (κ2) is 4.79. The smallest absolute Gasteiger partial charge is 0.0422 e. The normalized spacial score (nSPS) is 10.1. The van der Waals surface area contributed by atoms with Crippen LogP contribution in [0.3, 0.4) is 0 Å². The zero-order chi connectivity index (χ0) is 11.4. The fraction of sp³-hybridized carbons (Fsp3) is 0.214. The molecule has 0 atom stereocenters. The van der Waals surface area contributed by atoms with Crippen molar-refractivity contribution in [1.82, 2.24) is 4.98 Å². The molecule has 0 bridgehead atoms. The Kier molecular flexibility index (Phi) is 3.20. The largest absolute Gasteiger partial charge is 0.385 e. The van der Waals surface area contributed by atoms with Crippen LogP contribution >= 0.6 is 0 Å². The molecule has 0 saturated heterocycles. The van der Waals surface area contributed by atoms with Gasteiger partial charge in [0.15, 0.2) is 0 Å². The molecule has 0 radical (unpaired) electrons. The standard InChI is InChI=1S/C14H16N2/c1-3-16-13-6-4-5-11(2)14(13)12-7-9-15-10-8-12/h4-10,16H,3H2,1-2H3. The lowest BCUT2D eigenvalue weighted by Gasteiger charge is -2.13. The summed E-state index contributed by atoms with van der Waals surface area (Å²) in [4.78, 5) is 4.06. The van der Waals surface area contributed by atoms with E-state index in [0.717, 1.165) is 6.54 Å². The summed E-state index contributed by atoms with van der Waals surface area (Å²) < 4.78 is 0. The van der Waals surface area contributed by atoms with Crippen molar-refractivity contribution in [3.05, 3.63) is 48.3 Å². The third kappa shape index (κ3) is 2.06. The van der Waals surface area contributed by atoms with E-state index in [0.29, 0.717) is 0 Å². The van der Waals surface area contributed by atoms with Crippen LogP contribution in [-0.4, -0.2) is 11.5 Å². The number of aromatic nitrogens is 1. The highest BCUT2D eigenvalue weighted by Crippen LogP contribution is 2.30. The molecule has 1 aromatic carbocycles. The number of hydrogen-bond acceptors (Lipinski definition) is 2. The lowest BCUT2D eigenvalue weighted by atomic mass is 9.99. The fourth-order valence-electron chi connectivity index (χ4n) is 1.91. The quantitative estimate of drug-likeness (QED) is 0.842. The number of nitrogens with zero attached hydrogens (tertiary/aromatic N) is 1. The molecule has 0 aliphatic rings. The fourth-order valence-corrected chi connectivity index (χ4v) is 1.91. The first kappa shape index (κ1) is 10.7. The molecule has 16 heavy (non-hydrogen) atoms. The molecule has 0 aliphatic heterocycles. The maximum absolute atomic E-state index is 4.06. The third-order valence-corrected chi connectivity index (χ3v) is 2.61. The van der Waals surface area contributed by atoms with E-state index in [1.165, 1.54) is 22.4 Å². The van der Waals surface area contributed by atoms with Gasteiger partial charge in [-0.2, -0.15) is 0 Å². The lowest BCUT2D eigenvalue weighted by molar-refractivity contribution is 1.21. The van der Waals surface area contributed by atoms with Crippen molar-refractivity contribution < 1.29 is 0 Å². The molecule has 0 spiro atoms. The Labute approximate surface area is 96.4 Å². The Balaban J connectivity index is 2.54. The van der Waals surface area contributed by atoms with Gasteiger partial charge in [0.25, 0.3) is 0 Å². The number of pyridine rings is 1. The van der Waals surface area contributed by atoms with Crippen LogP contribution in [0.25, 0.3) is 11.1 Å². The molecule has 1 aromatic heterocycles. The maximum Gasteiger partial charge on any atom is 0.0422 e. The summed E-state index contributed by atoms with van der Waals surface area (Å²) in [7, 11) is 0. The minimum absolute atomic E-state index is 0.932. The van der Waals surface area contributed by atoms with Crippen molar-refractivity contribution in [1.29, 1.82) is 0 Å². The highest BCUT2D eigenvalue weighted by molar-refractivity contribution is 5.80. The summed E-state index contributed by atoms with van der Waals surface area (Å²) in [5, 5.41) is 3.40. The minimum atomic E-state index is 0.932. The van der Waals surface area contributed by atoms with Gasteiger partial charge in [0.05, 0.1) is 0 Å². The number of nitrogens with one attached hydrogen (secondary N) is 1. The maximum atomic E-state index is 4.06. The van der Waals surface area contributed by atoms with Crippen LogP contribution in [0.2, 0.25) is 0 Å². The van der Waals surface area contributed by atoms with E-state index in [2.05, 4.69) is 42.3 Å². The summed E-state index contributed by atoms with van der Waals surface area (Å²) in [6.07, 6.45) is 3.66. The van der Waals surface area contributed by atoms with Crippen LogP contribution in [0.15, 0.2) is 42.7 Å². The van der Waals surface area contributed by atoms with E-state index in [1.807, 2.05) is 24.5 Å². The van der Waals surface area contributed by atoms with Crippen molar-refractivity contribution in [3.8, 4) is 11.1 Å². The van der Waals surface area contributed by atoms with Gasteiger partial charge < -0.3 is 5.32 Å². The summed E-state index contributed by atoms with van der Waals surface area (Å²) >= 11 is 0. The highest BCUT2D eigenvalue weighted by atomic mass is 14.9. The zero-order valence-corrected chi connectivity index (χ0v) is 9.70. The predicted molar refractivity (Wildman–Crippen MR) is 68.6 cm³/mol. The Morgan fingerprint density at radius 1 is 1.12 bits per heavy atom. The predicted octanol–water partition coefficient (Wildman–Crippen LogP) is 3.49. The van der Waals surface area contributed by atoms with E-state index in [9.17, 15) is 0 Å². The number of anilines is 1. The van der Waals surface area contributed by atoms with Gasteiger partial charge in [-0.15, -0.1) is 0 Å². The Hall–Kier alpha value is -1.83. The van der Waals surface area contributed by atoms with Crippen LogP contribution in [0.5, 0.6) is 0 Å². The summed E-state index contributed by atoms with van der Waals surface area (Å²) in [5.74, 6) is 0. The number of benzene rings is 1. The average Bonchev–Trinajstić information content (AvgIpc) is 2.31. The van der Waals surface area contributed by atoms with Crippen LogP contribution in [-0.2, 0) is 0 Å². The number of hydrogen-bond donors (Lipinski definition) is 1. The summed E-state index contributed by atoms with van der Waals surface area (Å²) in [5.41, 5.74) is 4.95. The van der Waals surface area contributed by atoms with Gasteiger partial charge >= 0.3 is 0 Å². The monoisotopic (exact) mass is 212 g/mol. The molecule has 1 N–H and O–H groups in total. The van der Waals surface area contributed by atoms with Crippen LogP contribution in [0.1, 0.15) is 12.5 Å². The third-order valence-electron chi connectivity index (χ3n) is 2.61. The molecule has 0 aliphatic carbocycles. The van der Waals surface area contributed by atoms with Crippen LogP contribution in [0.4, 0.5) is 5.69 Å². The molecule has 2 nitrogen and oxygen atoms in total. The van der Waals surface area contributed by atoms with Gasteiger partial charge in [-0.1, -0.05) is 12.1 Å². The van der Waals surface area contributed by atoms with E-state index in [4.69, 9.17) is 0 Å². The molecular weight excluding hydrogens is 196 g/mol. The van der Waals surface area contributed by atoms with Gasteiger partial charge in [0.2, 0.25) is 0 Å². The van der Waals surface area contributed by atoms with E-state index in [-0.39, 0.29) is 0 Å². The van der Waals surface area contributed by atoms with Crippen molar-refractivity contribution >= 4 is 5.69 Å². The summed E-state index contributed by atoms with van der Waals surface area (Å²) in [6, 6.07) is 10.4. The first-order valence-electron chi connectivity index (χ1n) is 5.57. The van der Waals surface area contributed by atoms with Crippen LogP contribution in [0, 0.1) is 6.92 Å². The van der Waals surface area contributed by atoms with Gasteiger partial charge in [0.1, 0.15) is 0 Å². The SMILES string of the molecule is CCNc1cccc(C)c1-c1ccncc1. The van der Waals surface area contributed by atoms with E-state index < -0.39 is 0 Å². The summed E-state index contributed by atoms with van der Waals surface area (Å²) in [6.45, 7) is 5.18. The van der Waals surface area contributed by atoms with Crippen molar-refractivity contribution in [2.75, 3.05) is 11.9 Å². The minimum Gasteiger partial charge on any atom is -0.385 e. The van der Waals surface area contributed by atoms with Crippen LogP contribution < -0.4 is 5.32 Å². The molecule has 0 unspecified atom stereocenters. The number of rotatable bonds is 3. The molecule has 2 heteroatoms. The Bertz CT molecular complexity index is 463. The zero-order valence-electron chi connectivity index (χ0n) is 9.70.